The predicted octanol–water partition coefficient (Wildman–Crippen LogP) is 6.55. The van der Waals surface area contributed by atoms with E-state index in [0.717, 1.165) is 6.07 Å². The number of methoxy groups -OCH3 is 1. The van der Waals surface area contributed by atoms with Gasteiger partial charge in [0.25, 0.3) is 0 Å². The molecule has 15 heteroatoms. The van der Waals surface area contributed by atoms with Crippen molar-refractivity contribution in [2.75, 3.05) is 12.0 Å². The van der Waals surface area contributed by atoms with Crippen LogP contribution in [0, 0.1) is 0 Å². The van der Waals surface area contributed by atoms with E-state index in [1.165, 1.54) is 6.92 Å². The lowest BCUT2D eigenvalue weighted by molar-refractivity contribution is -0.168. The molecule has 1 aliphatic rings. The number of benzene rings is 2. The number of amides is 1. The second-order valence-electron chi connectivity index (χ2n) is 8.83. The number of fused-ring (bicyclic) bond motifs is 1. The highest BCUT2D eigenvalue weighted by Crippen LogP contribution is 2.51. The number of hydrogen-bond donors (Lipinski definition) is 2. The summed E-state index contributed by atoms with van der Waals surface area (Å²) in [6.45, 7) is 1.45. The van der Waals surface area contributed by atoms with Crippen molar-refractivity contribution in [1.29, 1.82) is 0 Å². The van der Waals surface area contributed by atoms with Crippen molar-refractivity contribution in [3.63, 3.8) is 0 Å². The monoisotopic (exact) mass is 573 g/mol. The molecule has 2 aromatic carbocycles. The molecule has 0 unspecified atom stereocenters. The van der Waals surface area contributed by atoms with Gasteiger partial charge in [-0.1, -0.05) is 6.92 Å². The molecule has 1 aliphatic heterocycles. The number of carbonyl (C=O) groups excluding carboxylic acids is 1. The van der Waals surface area contributed by atoms with E-state index in [1.54, 1.807) is 0 Å². The van der Waals surface area contributed by atoms with Crippen LogP contribution in [0.4, 0.5) is 50.0 Å². The second-order valence-corrected chi connectivity index (χ2v) is 8.83. The maximum absolute atomic E-state index is 13.6. The Labute approximate surface area is 214 Å². The van der Waals surface area contributed by atoms with Crippen LogP contribution in [-0.2, 0) is 33.7 Å². The molecule has 0 saturated heterocycles. The molecule has 0 saturated carbocycles. The van der Waals surface area contributed by atoms with E-state index in [2.05, 4.69) is 4.74 Å². The van der Waals surface area contributed by atoms with Crippen LogP contribution in [0.3, 0.4) is 0 Å². The summed E-state index contributed by atoms with van der Waals surface area (Å²) in [6.07, 6.45) is -18.1. The van der Waals surface area contributed by atoms with Gasteiger partial charge < -0.3 is 14.9 Å². The molecule has 1 amide bonds. The van der Waals surface area contributed by atoms with Gasteiger partial charge in [-0.2, -0.15) is 39.5 Å². The third-order valence-electron chi connectivity index (χ3n) is 6.57. The average molecular weight is 573 g/mol. The Kier molecular flexibility index (Phi) is 7.64. The van der Waals surface area contributed by atoms with Gasteiger partial charge in [-0.15, -0.1) is 0 Å². The summed E-state index contributed by atoms with van der Waals surface area (Å²) in [7, 11) is 0.669. The number of aliphatic hydroxyl groups is 1. The first-order valence-corrected chi connectivity index (χ1v) is 11.1. The van der Waals surface area contributed by atoms with E-state index in [9.17, 15) is 59.3 Å². The summed E-state index contributed by atoms with van der Waals surface area (Å²) in [5.41, 5.74) is -10.9. The third kappa shape index (κ3) is 5.49. The molecule has 0 aromatic heterocycles. The number of ether oxygens (including phenoxy) is 1. The molecular formula is C24H20F9NO5. The topological polar surface area (TPSA) is 87.1 Å². The van der Waals surface area contributed by atoms with Gasteiger partial charge >= 0.3 is 30.6 Å². The zero-order valence-corrected chi connectivity index (χ0v) is 20.0. The molecule has 6 nitrogen and oxygen atoms in total. The smallest absolute Gasteiger partial charge is 0.416 e. The summed E-state index contributed by atoms with van der Waals surface area (Å²) in [4.78, 5) is 25.6. The quantitative estimate of drug-likeness (QED) is 0.320. The van der Waals surface area contributed by atoms with Crippen LogP contribution in [0.2, 0.25) is 0 Å². The fourth-order valence-corrected chi connectivity index (χ4v) is 4.73. The molecule has 1 heterocycles. The van der Waals surface area contributed by atoms with Gasteiger partial charge in [-0.25, -0.2) is 9.59 Å². The molecular weight excluding hydrogens is 553 g/mol. The fourth-order valence-electron chi connectivity index (χ4n) is 4.73. The van der Waals surface area contributed by atoms with Crippen LogP contribution >= 0.6 is 0 Å². The third-order valence-corrected chi connectivity index (χ3v) is 6.57. The minimum atomic E-state index is -5.38. The summed E-state index contributed by atoms with van der Waals surface area (Å²) in [6, 6.07) is 0.417. The number of anilines is 1. The highest BCUT2D eigenvalue weighted by Gasteiger charge is 2.54. The van der Waals surface area contributed by atoms with Crippen LogP contribution in [0.25, 0.3) is 0 Å². The van der Waals surface area contributed by atoms with Crippen molar-refractivity contribution in [1.82, 2.24) is 0 Å². The summed E-state index contributed by atoms with van der Waals surface area (Å²) >= 11 is 0. The lowest BCUT2D eigenvalue weighted by atomic mass is 9.70. The van der Waals surface area contributed by atoms with Gasteiger partial charge in [0.1, 0.15) is 0 Å². The van der Waals surface area contributed by atoms with Crippen LogP contribution in [0.15, 0.2) is 36.4 Å². The SMILES string of the molecule is CC[C@@H]1C[C@@H]([C@@](O)(C(=O)OC)c2cc(C(F)(F)F)cc(C(F)(F)F)c2)c2cc(C(F)(F)F)ccc2N1C(=O)O. The molecule has 0 aliphatic carbocycles. The highest BCUT2D eigenvalue weighted by atomic mass is 19.4. The van der Waals surface area contributed by atoms with Crippen molar-refractivity contribution in [2.45, 2.75) is 55.9 Å². The van der Waals surface area contributed by atoms with Crippen molar-refractivity contribution >= 4 is 17.7 Å². The highest BCUT2D eigenvalue weighted by molar-refractivity contribution is 5.90. The second kappa shape index (κ2) is 9.92. The largest absolute Gasteiger partial charge is 0.467 e. The Morgan fingerprint density at radius 3 is 1.77 bits per heavy atom. The maximum Gasteiger partial charge on any atom is 0.416 e. The minimum absolute atomic E-state index is 0.0447. The Morgan fingerprint density at radius 2 is 1.36 bits per heavy atom. The van der Waals surface area contributed by atoms with Crippen molar-refractivity contribution in [3.8, 4) is 0 Å². The van der Waals surface area contributed by atoms with E-state index in [1.807, 2.05) is 0 Å². The van der Waals surface area contributed by atoms with E-state index >= 15 is 0 Å². The van der Waals surface area contributed by atoms with Gasteiger partial charge in [-0.05, 0) is 60.4 Å². The number of hydrogen-bond acceptors (Lipinski definition) is 4. The van der Waals surface area contributed by atoms with Crippen molar-refractivity contribution in [2.24, 2.45) is 0 Å². The number of alkyl halides is 9. The molecule has 0 fully saturated rings. The van der Waals surface area contributed by atoms with E-state index in [0.29, 0.717) is 24.1 Å². The van der Waals surface area contributed by atoms with E-state index in [4.69, 9.17) is 0 Å². The Morgan fingerprint density at radius 1 is 0.872 bits per heavy atom. The summed E-state index contributed by atoms with van der Waals surface area (Å²) in [5.74, 6) is -3.71. The number of halogens is 9. The van der Waals surface area contributed by atoms with Crippen LogP contribution in [0.5, 0.6) is 0 Å². The van der Waals surface area contributed by atoms with Crippen LogP contribution < -0.4 is 4.90 Å². The first kappa shape index (κ1) is 30.1. The number of esters is 1. The van der Waals surface area contributed by atoms with Gasteiger partial charge in [0.05, 0.1) is 29.5 Å². The Hall–Kier alpha value is -3.49. The molecule has 3 rings (SSSR count). The van der Waals surface area contributed by atoms with Crippen molar-refractivity contribution < 1.29 is 64.1 Å². The number of carbonyl (C=O) groups is 2. The number of nitrogens with zero attached hydrogens (tertiary/aromatic N) is 1. The zero-order valence-electron chi connectivity index (χ0n) is 20.0. The molecule has 2 N–H and O–H groups in total. The first-order chi connectivity index (χ1) is 17.8. The average Bonchev–Trinajstić information content (AvgIpc) is 2.84. The maximum atomic E-state index is 13.6. The molecule has 2 aromatic rings. The van der Waals surface area contributed by atoms with Gasteiger partial charge in [-0.3, -0.25) is 4.90 Å². The molecule has 39 heavy (non-hydrogen) atoms. The van der Waals surface area contributed by atoms with Crippen LogP contribution in [0.1, 0.15) is 53.5 Å². The van der Waals surface area contributed by atoms with E-state index in [-0.39, 0.29) is 24.6 Å². The first-order valence-electron chi connectivity index (χ1n) is 11.1. The minimum Gasteiger partial charge on any atom is -0.467 e. The fraction of sp³-hybridized carbons (Fsp3) is 0.417. The molecule has 214 valence electrons. The molecule has 0 radical (unpaired) electrons. The predicted molar refractivity (Wildman–Crippen MR) is 116 cm³/mol. The number of rotatable bonds is 4. The Bertz CT molecular complexity index is 1240. The molecule has 0 spiro atoms. The summed E-state index contributed by atoms with van der Waals surface area (Å²) < 4.78 is 127. The zero-order chi connectivity index (χ0) is 29.7. The standard InChI is InChI=1S/C24H20F9NO5/c1-3-15-10-17(16-9-11(22(25,26)27)4-5-18(16)34(15)20(36)37)21(38,19(35)39-2)12-6-13(23(28,29)30)8-14(7-12)24(31,32)33/h4-9,15,17,38H,3,10H2,1-2H3,(H,36,37)/t15-,17-,21-/m1/s1. The molecule has 0 bridgehead atoms. The van der Waals surface area contributed by atoms with E-state index < -0.39 is 88.1 Å². The number of carboxylic acid groups (broad SMARTS) is 1. The van der Waals surface area contributed by atoms with Crippen LogP contribution in [-0.4, -0.2) is 35.4 Å². The Balaban J connectivity index is 2.44. The van der Waals surface area contributed by atoms with Gasteiger partial charge in [0.2, 0.25) is 0 Å². The van der Waals surface area contributed by atoms with Crippen molar-refractivity contribution in [3.05, 3.63) is 64.2 Å². The van der Waals surface area contributed by atoms with Gasteiger partial charge in [0, 0.05) is 12.0 Å². The lowest BCUT2D eigenvalue weighted by Gasteiger charge is -2.44. The van der Waals surface area contributed by atoms with Gasteiger partial charge in [0.15, 0.2) is 5.60 Å². The normalized spacial score (nSPS) is 19.7. The lowest BCUT2D eigenvalue weighted by Crippen LogP contribution is -2.51. The molecule has 3 atom stereocenters. The summed E-state index contributed by atoms with van der Waals surface area (Å²) in [5, 5.41) is 21.4.